The summed E-state index contributed by atoms with van der Waals surface area (Å²) in [6.07, 6.45) is 0. The number of benzene rings is 3. The van der Waals surface area contributed by atoms with E-state index in [0.29, 0.717) is 10.7 Å². The molecule has 0 unspecified atom stereocenters. The highest BCUT2D eigenvalue weighted by Gasteiger charge is 2.69. The summed E-state index contributed by atoms with van der Waals surface area (Å²) >= 11 is 6.02. The molecule has 0 radical (unpaired) electrons. The van der Waals surface area contributed by atoms with Crippen molar-refractivity contribution in [3.05, 3.63) is 100 Å². The molecule has 3 aromatic rings. The van der Waals surface area contributed by atoms with Crippen LogP contribution in [0.15, 0.2) is 72.8 Å². The maximum Gasteiger partial charge on any atom is 0.239 e. The van der Waals surface area contributed by atoms with Crippen molar-refractivity contribution in [3.63, 3.8) is 0 Å². The highest BCUT2D eigenvalue weighted by atomic mass is 35.5. The first kappa shape index (κ1) is 18.5. The zero-order valence-electron chi connectivity index (χ0n) is 16.7. The van der Waals surface area contributed by atoms with Gasteiger partial charge in [-0.25, -0.2) is 4.90 Å². The van der Waals surface area contributed by atoms with Crippen molar-refractivity contribution in [3.8, 4) is 0 Å². The average molecular weight is 428 g/mol. The molecule has 1 aliphatic heterocycles. The van der Waals surface area contributed by atoms with Gasteiger partial charge in [-0.05, 0) is 53.4 Å². The maximum absolute atomic E-state index is 13.9. The lowest BCUT2D eigenvalue weighted by Crippen LogP contribution is -2.57. The number of amides is 2. The molecular weight excluding hydrogens is 410 g/mol. The Morgan fingerprint density at radius 1 is 0.839 bits per heavy atom. The van der Waals surface area contributed by atoms with Crippen LogP contribution >= 0.6 is 11.6 Å². The van der Waals surface area contributed by atoms with E-state index in [4.69, 9.17) is 11.6 Å². The molecule has 3 aromatic carbocycles. The van der Waals surface area contributed by atoms with Crippen molar-refractivity contribution >= 4 is 34.9 Å². The summed E-state index contributed by atoms with van der Waals surface area (Å²) in [6, 6.07) is 22.2. The van der Waals surface area contributed by atoms with Crippen molar-refractivity contribution in [1.82, 2.24) is 0 Å². The van der Waals surface area contributed by atoms with Gasteiger partial charge in [-0.1, -0.05) is 60.1 Å². The Labute approximate surface area is 184 Å². The zero-order chi connectivity index (χ0) is 21.5. The van der Waals surface area contributed by atoms with Crippen LogP contribution in [0.2, 0.25) is 5.02 Å². The van der Waals surface area contributed by atoms with E-state index in [-0.39, 0.29) is 23.5 Å². The zero-order valence-corrected chi connectivity index (χ0v) is 17.5. The summed E-state index contributed by atoms with van der Waals surface area (Å²) < 4.78 is 0. The molecule has 0 aromatic heterocycles. The van der Waals surface area contributed by atoms with Crippen LogP contribution in [0.5, 0.6) is 0 Å². The van der Waals surface area contributed by atoms with Gasteiger partial charge in [0.15, 0.2) is 0 Å². The van der Waals surface area contributed by atoms with Crippen LogP contribution in [0.25, 0.3) is 0 Å². The largest absolute Gasteiger partial charge is 0.299 e. The van der Waals surface area contributed by atoms with Gasteiger partial charge in [0, 0.05) is 10.9 Å². The van der Waals surface area contributed by atoms with E-state index in [2.05, 4.69) is 0 Å². The summed E-state index contributed by atoms with van der Waals surface area (Å²) in [5.41, 5.74) is 2.96. The van der Waals surface area contributed by atoms with Gasteiger partial charge in [0.2, 0.25) is 11.8 Å². The first-order chi connectivity index (χ1) is 15.0. The predicted octanol–water partition coefficient (Wildman–Crippen LogP) is 4.48. The van der Waals surface area contributed by atoms with Crippen LogP contribution in [0.3, 0.4) is 0 Å². The third-order valence-electron chi connectivity index (χ3n) is 7.26. The average Bonchev–Trinajstić information content (AvgIpc) is 3.05. The molecule has 31 heavy (non-hydrogen) atoms. The SMILES string of the molecule is CC(=O)C12c3ccccc3C(c3ccccc31)[C@@H]1C(=O)N(c3ccc(Cl)cc3)C(=O)[C@H]12. The van der Waals surface area contributed by atoms with E-state index in [0.717, 1.165) is 22.3 Å². The van der Waals surface area contributed by atoms with Crippen molar-refractivity contribution < 1.29 is 14.4 Å². The minimum absolute atomic E-state index is 0.111. The smallest absolute Gasteiger partial charge is 0.239 e. The fraction of sp³-hybridized carbons (Fsp3) is 0.192. The molecule has 1 saturated heterocycles. The predicted molar refractivity (Wildman–Crippen MR) is 117 cm³/mol. The number of halogens is 1. The fourth-order valence-corrected chi connectivity index (χ4v) is 6.34. The normalized spacial score (nSPS) is 27.7. The lowest BCUT2D eigenvalue weighted by molar-refractivity contribution is -0.132. The molecule has 152 valence electrons. The van der Waals surface area contributed by atoms with Crippen LogP contribution in [-0.4, -0.2) is 17.6 Å². The van der Waals surface area contributed by atoms with Crippen LogP contribution < -0.4 is 4.90 Å². The molecular formula is C26H18ClNO3. The molecule has 2 atom stereocenters. The van der Waals surface area contributed by atoms with Crippen molar-refractivity contribution in [1.29, 1.82) is 0 Å². The number of rotatable bonds is 2. The molecule has 1 fully saturated rings. The Morgan fingerprint density at radius 3 is 1.94 bits per heavy atom. The molecule has 2 amide bonds. The van der Waals surface area contributed by atoms with Gasteiger partial charge in [-0.2, -0.15) is 0 Å². The first-order valence-corrected chi connectivity index (χ1v) is 10.7. The van der Waals surface area contributed by atoms with Crippen LogP contribution in [0, 0.1) is 11.8 Å². The molecule has 0 N–H and O–H groups in total. The topological polar surface area (TPSA) is 54.5 Å². The van der Waals surface area contributed by atoms with Gasteiger partial charge in [-0.3, -0.25) is 14.4 Å². The van der Waals surface area contributed by atoms with Gasteiger partial charge in [0.1, 0.15) is 5.78 Å². The summed E-state index contributed by atoms with van der Waals surface area (Å²) in [7, 11) is 0. The standard InChI is InChI=1S/C26H18ClNO3/c1-14(29)26-19-8-4-2-6-17(19)21(18-7-3-5-9-20(18)26)22-23(26)25(31)28(24(22)30)16-12-10-15(27)11-13-16/h2-13,21-23H,1H3/t21?,22-,23-,26?/m0/s1. The second-order valence-electron chi connectivity index (χ2n) is 8.51. The number of carbonyl (C=O) groups excluding carboxylic acids is 3. The van der Waals surface area contributed by atoms with E-state index >= 15 is 0 Å². The molecule has 7 rings (SSSR count). The number of Topliss-reactive ketones (excluding diaryl/α,β-unsaturated/α-hetero) is 1. The Morgan fingerprint density at radius 2 is 1.39 bits per heavy atom. The first-order valence-electron chi connectivity index (χ1n) is 10.3. The van der Waals surface area contributed by atoms with E-state index in [1.807, 2.05) is 48.5 Å². The summed E-state index contributed by atoms with van der Waals surface area (Å²) in [6.45, 7) is 1.54. The highest BCUT2D eigenvalue weighted by Crippen LogP contribution is 2.64. The van der Waals surface area contributed by atoms with Gasteiger partial charge in [0.25, 0.3) is 0 Å². The number of carbonyl (C=O) groups is 3. The minimum atomic E-state index is -1.17. The summed E-state index contributed by atoms with van der Waals surface area (Å²) in [4.78, 5) is 42.4. The molecule has 3 aliphatic carbocycles. The van der Waals surface area contributed by atoms with Gasteiger partial charge in [-0.15, -0.1) is 0 Å². The molecule has 1 heterocycles. The highest BCUT2D eigenvalue weighted by molar-refractivity contribution is 6.31. The Balaban J connectivity index is 1.67. The minimum Gasteiger partial charge on any atom is -0.299 e. The number of hydrogen-bond donors (Lipinski definition) is 0. The second kappa shape index (κ2) is 6.14. The van der Waals surface area contributed by atoms with E-state index in [1.54, 1.807) is 31.2 Å². The van der Waals surface area contributed by atoms with Crippen LogP contribution in [0.4, 0.5) is 5.69 Å². The molecule has 4 nitrogen and oxygen atoms in total. The number of anilines is 1. The number of nitrogens with zero attached hydrogens (tertiary/aromatic N) is 1. The lowest BCUT2D eigenvalue weighted by Gasteiger charge is -2.52. The number of hydrogen-bond acceptors (Lipinski definition) is 3. The fourth-order valence-electron chi connectivity index (χ4n) is 6.21. The maximum atomic E-state index is 13.9. The third-order valence-corrected chi connectivity index (χ3v) is 7.51. The second-order valence-corrected chi connectivity index (χ2v) is 8.94. The molecule has 4 aliphatic rings. The monoisotopic (exact) mass is 427 g/mol. The Bertz CT molecular complexity index is 1250. The van der Waals surface area contributed by atoms with E-state index < -0.39 is 17.3 Å². The number of ketones is 1. The molecule has 0 spiro atoms. The van der Waals surface area contributed by atoms with Crippen molar-refractivity contribution in [2.24, 2.45) is 11.8 Å². The van der Waals surface area contributed by atoms with Gasteiger partial charge >= 0.3 is 0 Å². The summed E-state index contributed by atoms with van der Waals surface area (Å²) in [5.74, 6) is -2.31. The third kappa shape index (κ3) is 2.08. The lowest BCUT2D eigenvalue weighted by atomic mass is 9.46. The van der Waals surface area contributed by atoms with Crippen molar-refractivity contribution in [2.45, 2.75) is 18.3 Å². The quantitative estimate of drug-likeness (QED) is 0.566. The van der Waals surface area contributed by atoms with Gasteiger partial charge in [0.05, 0.1) is 22.9 Å². The molecule has 0 saturated carbocycles. The van der Waals surface area contributed by atoms with Crippen LogP contribution in [0.1, 0.15) is 35.1 Å². The number of imide groups is 1. The van der Waals surface area contributed by atoms with Crippen LogP contribution in [-0.2, 0) is 19.8 Å². The Hall–Kier alpha value is -3.24. The van der Waals surface area contributed by atoms with Crippen molar-refractivity contribution in [2.75, 3.05) is 4.90 Å². The Kier molecular flexibility index (Phi) is 3.67. The van der Waals surface area contributed by atoms with Gasteiger partial charge < -0.3 is 0 Å². The molecule has 5 heteroatoms. The van der Waals surface area contributed by atoms with E-state index in [9.17, 15) is 14.4 Å². The van der Waals surface area contributed by atoms with E-state index in [1.165, 1.54) is 4.90 Å². The molecule has 2 bridgehead atoms. The summed E-state index contributed by atoms with van der Waals surface area (Å²) in [5, 5.41) is 0.528.